The molecule has 65 heavy (non-hydrogen) atoms. The molecule has 0 amide bonds. The van der Waals surface area contributed by atoms with Gasteiger partial charge in [-0.2, -0.15) is 11.3 Å². The molecule has 0 aliphatic rings. The Morgan fingerprint density at radius 2 is 1.08 bits per heavy atom. The molecule has 0 atom stereocenters. The average molecular weight is 1370 g/mol. The molecule has 0 aliphatic heterocycles. The van der Waals surface area contributed by atoms with E-state index in [1.165, 1.54) is 58.0 Å². The molecule has 0 fully saturated rings. The first-order valence-corrected chi connectivity index (χ1v) is 39.8. The summed E-state index contributed by atoms with van der Waals surface area (Å²) >= 11 is 20.6. The Morgan fingerprint density at radius 1 is 0.569 bits per heavy atom. The maximum absolute atomic E-state index is 11.8. The van der Waals surface area contributed by atoms with Gasteiger partial charge in [0, 0.05) is 47.8 Å². The van der Waals surface area contributed by atoms with Gasteiger partial charge in [-0.15, -0.1) is 45.3 Å². The van der Waals surface area contributed by atoms with E-state index in [1.807, 2.05) is 45.7 Å². The van der Waals surface area contributed by atoms with E-state index in [0.29, 0.717) is 39.1 Å². The van der Waals surface area contributed by atoms with Crippen LogP contribution in [0.2, 0.25) is 13.3 Å². The minimum absolute atomic E-state index is 0.147. The summed E-state index contributed by atoms with van der Waals surface area (Å²) in [5.74, 6) is -0.495. The van der Waals surface area contributed by atoms with Gasteiger partial charge in [0.25, 0.3) is 0 Å². The molecular formula is C48H62Br4O6S6Sn. The molecule has 358 valence electrons. The smallest absolute Gasteiger partial charge is 0.310 e. The topological polar surface area (TPSA) is 78.9 Å². The molecule has 0 unspecified atom stereocenters. The predicted molar refractivity (Wildman–Crippen MR) is 303 cm³/mol. The van der Waals surface area contributed by atoms with Gasteiger partial charge in [0.05, 0.1) is 46.7 Å². The van der Waals surface area contributed by atoms with Crippen molar-refractivity contribution >= 4 is 167 Å². The summed E-state index contributed by atoms with van der Waals surface area (Å²) in [5, 5.41) is 10.4. The second kappa shape index (κ2) is 36.3. The van der Waals surface area contributed by atoms with E-state index in [1.54, 1.807) is 76.9 Å². The minimum Gasteiger partial charge on any atom is -0.466 e. The average Bonchev–Trinajstić information content (AvgIpc) is 4.15. The number of carbonyl (C=O) groups excluding carboxylic acids is 3. The van der Waals surface area contributed by atoms with E-state index < -0.39 is 18.4 Å². The van der Waals surface area contributed by atoms with Crippen LogP contribution in [0, 0.1) is 0 Å². The van der Waals surface area contributed by atoms with Crippen LogP contribution < -0.4 is 2.89 Å². The number of hydrogen-bond acceptors (Lipinski definition) is 12. The van der Waals surface area contributed by atoms with Crippen molar-refractivity contribution in [3.63, 3.8) is 0 Å². The third-order valence-electron chi connectivity index (χ3n) is 9.63. The van der Waals surface area contributed by atoms with Gasteiger partial charge in [0.2, 0.25) is 0 Å². The van der Waals surface area contributed by atoms with Crippen molar-refractivity contribution in [2.24, 2.45) is 0 Å². The Hall–Kier alpha value is -0.671. The normalized spacial score (nSPS) is 10.5. The maximum Gasteiger partial charge on any atom is 0.310 e. The predicted octanol–water partition coefficient (Wildman–Crippen LogP) is 18.0. The molecule has 6 heterocycles. The Labute approximate surface area is 448 Å². The first kappa shape index (κ1) is 60.5. The molecule has 17 heteroatoms. The second-order valence-electron chi connectivity index (χ2n) is 14.4. The van der Waals surface area contributed by atoms with E-state index in [9.17, 15) is 14.4 Å². The number of ether oxygens (including phenoxy) is 3. The van der Waals surface area contributed by atoms with Crippen LogP contribution in [0.15, 0.2) is 89.1 Å². The van der Waals surface area contributed by atoms with Crippen molar-refractivity contribution in [1.82, 2.24) is 0 Å². The number of thiophene rings is 6. The summed E-state index contributed by atoms with van der Waals surface area (Å²) in [6, 6.07) is 19.0. The Balaban J connectivity index is 0.000000303. The molecule has 6 rings (SSSR count). The number of halogens is 4. The van der Waals surface area contributed by atoms with Gasteiger partial charge in [-0.1, -0.05) is 12.1 Å². The monoisotopic (exact) mass is 1360 g/mol. The molecule has 0 radical (unpaired) electrons. The fourth-order valence-electron chi connectivity index (χ4n) is 6.59. The molecule has 0 aromatic carbocycles. The van der Waals surface area contributed by atoms with Crippen LogP contribution in [0.4, 0.5) is 0 Å². The van der Waals surface area contributed by atoms with Crippen molar-refractivity contribution < 1.29 is 28.6 Å². The van der Waals surface area contributed by atoms with E-state index in [0.717, 1.165) is 24.3 Å². The van der Waals surface area contributed by atoms with Gasteiger partial charge in [-0.05, 0) is 121 Å². The van der Waals surface area contributed by atoms with Crippen LogP contribution in [-0.4, -0.2) is 56.1 Å². The first-order valence-electron chi connectivity index (χ1n) is 21.8. The number of unbranched alkanes of at least 4 members (excludes halogenated alkanes) is 3. The van der Waals surface area contributed by atoms with Crippen LogP contribution >= 0.6 is 128 Å². The number of esters is 3. The van der Waals surface area contributed by atoms with Crippen LogP contribution in [0.1, 0.15) is 96.8 Å². The summed E-state index contributed by atoms with van der Waals surface area (Å²) in [7, 11) is 0. The number of carbonyl (C=O) groups is 3. The molecule has 0 saturated heterocycles. The van der Waals surface area contributed by atoms with Crippen LogP contribution in [0.3, 0.4) is 0 Å². The summed E-state index contributed by atoms with van der Waals surface area (Å²) < 4.78 is 23.4. The Morgan fingerprint density at radius 3 is 1.51 bits per heavy atom. The number of rotatable bonds is 21. The summed E-state index contributed by atoms with van der Waals surface area (Å²) in [4.78, 5) is 38.7. The SMILES string of the molecule is BrBr.CCC[CH2][Sn]([CH2]CCC)([CH2]CCC)[c]1cccs1.CCOC(=O)Cc1cc(-c2cccs2)sc1-c1cccs1.CCOC(=O)Cc1cc(Br)sc1Br.CCOC(=O)Cc1ccsc1. The summed E-state index contributed by atoms with van der Waals surface area (Å²) in [5.41, 5.74) is 3.06. The zero-order chi connectivity index (χ0) is 47.9. The largest absolute Gasteiger partial charge is 0.466 e. The minimum atomic E-state index is -2.01. The van der Waals surface area contributed by atoms with Crippen molar-refractivity contribution in [2.45, 2.75) is 113 Å². The fourth-order valence-corrected chi connectivity index (χ4v) is 32.8. The summed E-state index contributed by atoms with van der Waals surface area (Å²) in [6.07, 6.45) is 9.62. The van der Waals surface area contributed by atoms with E-state index in [4.69, 9.17) is 14.2 Å². The van der Waals surface area contributed by atoms with Gasteiger partial charge in [-0.25, -0.2) is 0 Å². The maximum atomic E-state index is 11.8. The van der Waals surface area contributed by atoms with Crippen molar-refractivity contribution in [2.75, 3.05) is 19.8 Å². The molecule has 0 saturated carbocycles. The van der Waals surface area contributed by atoms with E-state index in [2.05, 4.69) is 145 Å². The van der Waals surface area contributed by atoms with Gasteiger partial charge >= 0.3 is 141 Å². The van der Waals surface area contributed by atoms with Crippen LogP contribution in [-0.2, 0) is 47.9 Å². The molecule has 0 bridgehead atoms. The standard InChI is InChI=1S/C16H14O2S3.C8H8Br2O2S.C8H10O2S.C4H3S.3C4H9.Br2.Sn/c1-2-18-15(17)10-11-9-14(12-5-3-7-19-12)21-16(11)13-6-4-8-20-13;1-2-12-7(11)4-5-3-6(9)13-8(5)10;1-2-10-8(9)5-7-3-4-11-6-7;1-2-4-5-3-1;3*1-3-4-2;1-2;/h3-9H,2,10H2,1H3;3H,2,4H2,1H3;3-4,6H,2,5H2,1H3;1-3H;3*1,3-4H2,2H3;;. The fraction of sp³-hybridized carbons (Fsp3) is 0.438. The zero-order valence-corrected chi connectivity index (χ0v) is 52.2. The molecule has 6 aromatic rings. The number of hydrogen-bond donors (Lipinski definition) is 0. The van der Waals surface area contributed by atoms with Crippen molar-refractivity contribution in [3.05, 3.63) is 106 Å². The van der Waals surface area contributed by atoms with E-state index in [-0.39, 0.29) is 17.9 Å². The van der Waals surface area contributed by atoms with Gasteiger partial charge in [-0.3, -0.25) is 14.4 Å². The second-order valence-corrected chi connectivity index (χ2v) is 37.0. The van der Waals surface area contributed by atoms with Gasteiger partial charge < -0.3 is 14.2 Å². The van der Waals surface area contributed by atoms with E-state index >= 15 is 0 Å². The molecule has 6 aromatic heterocycles. The Kier molecular flexibility index (Phi) is 33.8. The third-order valence-corrected chi connectivity index (χ3v) is 35.4. The van der Waals surface area contributed by atoms with Crippen LogP contribution in [0.5, 0.6) is 0 Å². The summed E-state index contributed by atoms with van der Waals surface area (Å²) in [6.45, 7) is 13.8. The molecule has 6 nitrogen and oxygen atoms in total. The van der Waals surface area contributed by atoms with Crippen molar-refractivity contribution in [1.29, 1.82) is 0 Å². The third kappa shape index (κ3) is 23.2. The van der Waals surface area contributed by atoms with Gasteiger partial charge in [0.15, 0.2) is 0 Å². The molecule has 0 spiro atoms. The zero-order valence-electron chi connectivity index (χ0n) is 38.1. The quantitative estimate of drug-likeness (QED) is 0.0406. The first-order chi connectivity index (χ1) is 31.5. The molecular weight excluding hydrogens is 1300 g/mol. The van der Waals surface area contributed by atoms with Crippen LogP contribution in [0.25, 0.3) is 19.5 Å². The molecule has 0 aliphatic carbocycles. The Bertz CT molecular complexity index is 2100. The van der Waals surface area contributed by atoms with Crippen molar-refractivity contribution in [3.8, 4) is 19.5 Å². The van der Waals surface area contributed by atoms with Gasteiger partial charge in [0.1, 0.15) is 0 Å². The molecule has 0 N–H and O–H groups in total.